The molecule has 0 N–H and O–H groups in total. The van der Waals surface area contributed by atoms with Crippen LogP contribution in [0.15, 0.2) is 12.7 Å². The summed E-state index contributed by atoms with van der Waals surface area (Å²) in [6.45, 7) is 3.71. The molecule has 0 radical (unpaired) electrons. The van der Waals surface area contributed by atoms with E-state index in [2.05, 4.69) is 41.9 Å². The van der Waals surface area contributed by atoms with Crippen molar-refractivity contribution >= 4 is 47.0 Å². The minimum Gasteiger partial charge on any atom is -0.160 e. The van der Waals surface area contributed by atoms with E-state index in [0.717, 1.165) is 11.0 Å². The van der Waals surface area contributed by atoms with Gasteiger partial charge in [0.15, 0.2) is 0 Å². The van der Waals surface area contributed by atoms with Gasteiger partial charge in [-0.1, -0.05) is 6.08 Å². The molecule has 1 unspecified atom stereocenters. The van der Waals surface area contributed by atoms with Crippen molar-refractivity contribution in [1.29, 1.82) is 0 Å². The second-order valence-electron chi connectivity index (χ2n) is 3.01. The van der Waals surface area contributed by atoms with E-state index < -0.39 is 0 Å². The van der Waals surface area contributed by atoms with Crippen molar-refractivity contribution in [1.82, 2.24) is 0 Å². The average molecular weight is 267 g/mol. The summed E-state index contributed by atoms with van der Waals surface area (Å²) in [6, 6.07) is 0. The van der Waals surface area contributed by atoms with Gasteiger partial charge in [-0.15, -0.1) is 6.58 Å². The highest BCUT2D eigenvalue weighted by Gasteiger charge is 2.21. The molecule has 1 rings (SSSR count). The largest absolute Gasteiger partial charge is 0.160 e. The Morgan fingerprint density at radius 3 is 2.43 bits per heavy atom. The van der Waals surface area contributed by atoms with Crippen LogP contribution in [0, 0.1) is 0 Å². The van der Waals surface area contributed by atoms with Gasteiger partial charge in [-0.25, -0.2) is 0 Å². The highest BCUT2D eigenvalue weighted by Crippen LogP contribution is 2.32. The molecule has 0 aromatic heterocycles. The Balaban J connectivity index is 1.64. The first-order valence-electron chi connectivity index (χ1n) is 4.89. The quantitative estimate of drug-likeness (QED) is 0.337. The Hall–Kier alpha value is 1.14. The molecule has 0 amide bonds. The number of hydrogen-bond acceptors (Lipinski definition) is 4. The first-order valence-corrected chi connectivity index (χ1v) is 9.40. The van der Waals surface area contributed by atoms with Crippen molar-refractivity contribution in [2.24, 2.45) is 0 Å². The number of rotatable bonds is 10. The van der Waals surface area contributed by atoms with Crippen LogP contribution in [0.3, 0.4) is 0 Å². The summed E-state index contributed by atoms with van der Waals surface area (Å²) in [5, 5.41) is 1.01. The Bertz CT molecular complexity index is 145. The van der Waals surface area contributed by atoms with Gasteiger partial charge in [-0.3, -0.25) is 0 Å². The molecular formula is C10H18S4. The molecule has 1 fully saturated rings. The Labute approximate surface area is 105 Å². The molecule has 14 heavy (non-hydrogen) atoms. The van der Waals surface area contributed by atoms with Gasteiger partial charge in [0.25, 0.3) is 0 Å². The second kappa shape index (κ2) is 9.37. The van der Waals surface area contributed by atoms with E-state index in [1.54, 1.807) is 0 Å². The first kappa shape index (κ1) is 13.2. The maximum atomic E-state index is 3.71. The topological polar surface area (TPSA) is 0 Å². The molecule has 1 atom stereocenters. The Kier molecular flexibility index (Phi) is 8.84. The molecule has 0 aliphatic carbocycles. The zero-order chi connectivity index (χ0) is 10.1. The summed E-state index contributed by atoms with van der Waals surface area (Å²) in [5.41, 5.74) is 0. The van der Waals surface area contributed by atoms with Gasteiger partial charge in [-0.2, -0.15) is 47.0 Å². The lowest BCUT2D eigenvalue weighted by molar-refractivity contribution is 1.26. The maximum absolute atomic E-state index is 3.71. The van der Waals surface area contributed by atoms with E-state index in [9.17, 15) is 0 Å². The third-order valence-electron chi connectivity index (χ3n) is 1.69. The van der Waals surface area contributed by atoms with Crippen LogP contribution in [0.4, 0.5) is 0 Å². The second-order valence-corrected chi connectivity index (χ2v) is 7.86. The third kappa shape index (κ3) is 8.45. The van der Waals surface area contributed by atoms with E-state index in [0.29, 0.717) is 0 Å². The molecule has 0 bridgehead atoms. The van der Waals surface area contributed by atoms with Crippen LogP contribution in [0.1, 0.15) is 0 Å². The first-order chi connectivity index (χ1) is 6.93. The van der Waals surface area contributed by atoms with Crippen LogP contribution in [-0.4, -0.2) is 45.5 Å². The molecule has 1 aliphatic rings. The van der Waals surface area contributed by atoms with Crippen molar-refractivity contribution < 1.29 is 0 Å². The molecule has 0 spiro atoms. The van der Waals surface area contributed by atoms with Gasteiger partial charge in [0.1, 0.15) is 0 Å². The van der Waals surface area contributed by atoms with Crippen molar-refractivity contribution in [2.75, 3.05) is 40.3 Å². The highest BCUT2D eigenvalue weighted by atomic mass is 32.2. The molecule has 0 nitrogen and oxygen atoms in total. The van der Waals surface area contributed by atoms with E-state index in [-0.39, 0.29) is 0 Å². The van der Waals surface area contributed by atoms with Crippen LogP contribution in [-0.2, 0) is 0 Å². The Morgan fingerprint density at radius 2 is 1.79 bits per heavy atom. The van der Waals surface area contributed by atoms with Crippen molar-refractivity contribution in [2.45, 2.75) is 5.25 Å². The zero-order valence-electron chi connectivity index (χ0n) is 8.44. The van der Waals surface area contributed by atoms with Gasteiger partial charge in [0.05, 0.1) is 0 Å². The third-order valence-corrected chi connectivity index (χ3v) is 6.47. The highest BCUT2D eigenvalue weighted by molar-refractivity contribution is 8.09. The summed E-state index contributed by atoms with van der Waals surface area (Å²) in [6.07, 6.45) is 1.98. The summed E-state index contributed by atoms with van der Waals surface area (Å²) in [4.78, 5) is 0. The van der Waals surface area contributed by atoms with Gasteiger partial charge in [-0.05, 0) is 0 Å². The molecular weight excluding hydrogens is 248 g/mol. The number of thioether (sulfide) groups is 4. The van der Waals surface area contributed by atoms with E-state index in [1.165, 1.54) is 34.5 Å². The van der Waals surface area contributed by atoms with Gasteiger partial charge < -0.3 is 0 Å². The van der Waals surface area contributed by atoms with E-state index in [4.69, 9.17) is 0 Å². The van der Waals surface area contributed by atoms with Gasteiger partial charge >= 0.3 is 0 Å². The lowest BCUT2D eigenvalue weighted by Gasteiger charge is -2.00. The van der Waals surface area contributed by atoms with Crippen molar-refractivity contribution in [3.8, 4) is 0 Å². The summed E-state index contributed by atoms with van der Waals surface area (Å²) in [7, 11) is 0. The smallest absolute Gasteiger partial charge is 0.0229 e. The predicted molar refractivity (Wildman–Crippen MR) is 78.4 cm³/mol. The van der Waals surface area contributed by atoms with Crippen LogP contribution < -0.4 is 0 Å². The normalized spacial score (nSPS) is 19.6. The molecule has 1 aliphatic heterocycles. The fraction of sp³-hybridized carbons (Fsp3) is 0.800. The fourth-order valence-corrected chi connectivity index (χ4v) is 4.93. The molecule has 4 heteroatoms. The molecule has 1 saturated heterocycles. The maximum Gasteiger partial charge on any atom is 0.0229 e. The van der Waals surface area contributed by atoms with Gasteiger partial charge in [0, 0.05) is 45.5 Å². The van der Waals surface area contributed by atoms with E-state index >= 15 is 0 Å². The summed E-state index contributed by atoms with van der Waals surface area (Å²) >= 11 is 8.31. The SMILES string of the molecule is C=CCSCCSCCSCC1CS1. The minimum absolute atomic E-state index is 1.01. The average Bonchev–Trinajstić information content (AvgIpc) is 2.99. The van der Waals surface area contributed by atoms with Crippen LogP contribution >= 0.6 is 47.0 Å². The van der Waals surface area contributed by atoms with Crippen molar-refractivity contribution in [3.63, 3.8) is 0 Å². The zero-order valence-corrected chi connectivity index (χ0v) is 11.7. The lowest BCUT2D eigenvalue weighted by Crippen LogP contribution is -1.93. The lowest BCUT2D eigenvalue weighted by atomic mass is 10.6. The molecule has 1 heterocycles. The van der Waals surface area contributed by atoms with Gasteiger partial charge in [0.2, 0.25) is 0 Å². The van der Waals surface area contributed by atoms with Crippen molar-refractivity contribution in [3.05, 3.63) is 12.7 Å². The summed E-state index contributed by atoms with van der Waals surface area (Å²) < 4.78 is 0. The number of hydrogen-bond donors (Lipinski definition) is 0. The molecule has 82 valence electrons. The summed E-state index contributed by atoms with van der Waals surface area (Å²) in [5.74, 6) is 9.16. The van der Waals surface area contributed by atoms with E-state index in [1.807, 2.05) is 17.8 Å². The minimum atomic E-state index is 1.01. The molecule has 0 aromatic rings. The standard InChI is InChI=1S/C10H18S4/c1-2-3-11-4-5-12-6-7-13-8-10-9-14-10/h2,10H,1,3-9H2. The van der Waals surface area contributed by atoms with Crippen LogP contribution in [0.2, 0.25) is 0 Å². The monoisotopic (exact) mass is 266 g/mol. The molecule has 0 saturated carbocycles. The molecule has 0 aromatic carbocycles. The van der Waals surface area contributed by atoms with Crippen LogP contribution in [0.5, 0.6) is 0 Å². The fourth-order valence-electron chi connectivity index (χ4n) is 0.883. The van der Waals surface area contributed by atoms with Crippen LogP contribution in [0.25, 0.3) is 0 Å². The predicted octanol–water partition coefficient (Wildman–Crippen LogP) is 3.49. The Morgan fingerprint density at radius 1 is 1.14 bits per heavy atom.